The third-order valence-electron chi connectivity index (χ3n) is 2.37. The van der Waals surface area contributed by atoms with Gasteiger partial charge >= 0.3 is 0 Å². The summed E-state index contributed by atoms with van der Waals surface area (Å²) >= 11 is 1.81. The van der Waals surface area contributed by atoms with Crippen molar-refractivity contribution in [1.29, 1.82) is 0 Å². The normalized spacial score (nSPS) is 21.2. The van der Waals surface area contributed by atoms with Crippen LogP contribution in [0.3, 0.4) is 0 Å². The van der Waals surface area contributed by atoms with Crippen molar-refractivity contribution >= 4 is 11.8 Å². The molecule has 1 atom stereocenters. The molecule has 0 saturated carbocycles. The van der Waals surface area contributed by atoms with E-state index in [4.69, 9.17) is 0 Å². The Labute approximate surface area is 82.4 Å². The van der Waals surface area contributed by atoms with Gasteiger partial charge in [0.05, 0.1) is 0 Å². The van der Waals surface area contributed by atoms with Gasteiger partial charge in [0.15, 0.2) is 0 Å². The highest BCUT2D eigenvalue weighted by atomic mass is 32.2. The molecular weight excluding hydrogens is 182 g/mol. The summed E-state index contributed by atoms with van der Waals surface area (Å²) in [7, 11) is 2.00. The highest BCUT2D eigenvalue weighted by Gasteiger charge is 2.17. The van der Waals surface area contributed by atoms with E-state index in [0.29, 0.717) is 11.8 Å². The van der Waals surface area contributed by atoms with Crippen molar-refractivity contribution in [2.24, 2.45) is 0 Å². The minimum Gasteiger partial charge on any atom is -0.508 e. The Morgan fingerprint density at radius 1 is 1.54 bits per heavy atom. The van der Waals surface area contributed by atoms with E-state index >= 15 is 0 Å². The van der Waals surface area contributed by atoms with E-state index in [9.17, 15) is 5.11 Å². The summed E-state index contributed by atoms with van der Waals surface area (Å²) in [5.74, 6) is 1.46. The van der Waals surface area contributed by atoms with Crippen LogP contribution >= 0.6 is 11.8 Å². The van der Waals surface area contributed by atoms with E-state index in [1.54, 1.807) is 6.07 Å². The lowest BCUT2D eigenvalue weighted by Crippen LogP contribution is -2.32. The fraction of sp³-hybridized carbons (Fsp3) is 0.400. The molecule has 2 rings (SSSR count). The second-order valence-corrected chi connectivity index (χ2v) is 4.35. The van der Waals surface area contributed by atoms with Gasteiger partial charge in [-0.3, -0.25) is 0 Å². The van der Waals surface area contributed by atoms with Gasteiger partial charge < -0.3 is 10.4 Å². The Bertz CT molecular complexity index is 314. The number of nitrogens with one attached hydrogen (secondary N) is 1. The highest BCUT2D eigenvalue weighted by molar-refractivity contribution is 7.99. The predicted octanol–water partition coefficient (Wildman–Crippen LogP) is 1.63. The zero-order valence-corrected chi connectivity index (χ0v) is 8.40. The Hall–Kier alpha value is -0.670. The molecule has 0 saturated heterocycles. The number of phenolic OH excluding ortho intramolecular Hbond substituents is 1. The third kappa shape index (κ3) is 1.81. The number of phenols is 1. The molecule has 0 aromatic heterocycles. The third-order valence-corrected chi connectivity index (χ3v) is 3.63. The molecular formula is C10H13NOS. The second-order valence-electron chi connectivity index (χ2n) is 3.29. The van der Waals surface area contributed by atoms with Crippen LogP contribution in [0.2, 0.25) is 0 Å². The molecule has 1 unspecified atom stereocenters. The molecule has 0 bridgehead atoms. The minimum absolute atomic E-state index is 0.370. The summed E-state index contributed by atoms with van der Waals surface area (Å²) in [5.41, 5.74) is 1.34. The summed E-state index contributed by atoms with van der Waals surface area (Å²) in [6, 6.07) is 6.20. The van der Waals surface area contributed by atoms with Crippen molar-refractivity contribution in [3.8, 4) is 5.75 Å². The van der Waals surface area contributed by atoms with Gasteiger partial charge in [-0.25, -0.2) is 0 Å². The van der Waals surface area contributed by atoms with Gasteiger partial charge in [0, 0.05) is 16.7 Å². The lowest BCUT2D eigenvalue weighted by atomic mass is 10.1. The van der Waals surface area contributed by atoms with Crippen LogP contribution in [0.15, 0.2) is 23.1 Å². The van der Waals surface area contributed by atoms with Gasteiger partial charge in [0.1, 0.15) is 5.75 Å². The predicted molar refractivity (Wildman–Crippen MR) is 55.4 cm³/mol. The van der Waals surface area contributed by atoms with Crippen LogP contribution in [0.1, 0.15) is 5.56 Å². The lowest BCUT2D eigenvalue weighted by Gasteiger charge is -2.23. The first-order valence-corrected chi connectivity index (χ1v) is 5.40. The Balaban J connectivity index is 2.26. The van der Waals surface area contributed by atoms with Crippen LogP contribution in [-0.2, 0) is 6.42 Å². The molecule has 0 amide bonds. The fourth-order valence-electron chi connectivity index (χ4n) is 1.55. The SMILES string of the molecule is CNC1CSc2cc(O)ccc2C1. The number of likely N-dealkylation sites (N-methyl/N-ethyl adjacent to an activating group) is 1. The smallest absolute Gasteiger partial charge is 0.116 e. The molecule has 0 aliphatic carbocycles. The molecule has 1 aromatic rings. The van der Waals surface area contributed by atoms with Crippen LogP contribution in [-0.4, -0.2) is 23.9 Å². The van der Waals surface area contributed by atoms with Crippen LogP contribution in [0.5, 0.6) is 5.75 Å². The van der Waals surface area contributed by atoms with Crippen molar-refractivity contribution in [2.45, 2.75) is 17.4 Å². The zero-order valence-electron chi connectivity index (χ0n) is 7.58. The molecule has 0 radical (unpaired) electrons. The number of thioether (sulfide) groups is 1. The molecule has 0 spiro atoms. The van der Waals surface area contributed by atoms with E-state index in [1.165, 1.54) is 10.5 Å². The first kappa shape index (κ1) is 8.91. The van der Waals surface area contributed by atoms with Gasteiger partial charge in [0.25, 0.3) is 0 Å². The molecule has 2 nitrogen and oxygen atoms in total. The number of hydrogen-bond acceptors (Lipinski definition) is 3. The molecule has 3 heteroatoms. The van der Waals surface area contributed by atoms with Crippen LogP contribution in [0.4, 0.5) is 0 Å². The van der Waals surface area contributed by atoms with Crippen LogP contribution in [0.25, 0.3) is 0 Å². The van der Waals surface area contributed by atoms with Crippen LogP contribution in [0, 0.1) is 0 Å². The summed E-state index contributed by atoms with van der Waals surface area (Å²) in [6.07, 6.45) is 1.07. The quantitative estimate of drug-likeness (QED) is 0.714. The number of rotatable bonds is 1. The molecule has 2 N–H and O–H groups in total. The molecule has 1 aromatic carbocycles. The molecule has 70 valence electrons. The largest absolute Gasteiger partial charge is 0.508 e. The minimum atomic E-state index is 0.370. The summed E-state index contributed by atoms with van der Waals surface area (Å²) < 4.78 is 0. The number of fused-ring (bicyclic) bond motifs is 1. The maximum atomic E-state index is 9.28. The fourth-order valence-corrected chi connectivity index (χ4v) is 2.75. The van der Waals surface area contributed by atoms with Crippen molar-refractivity contribution in [3.63, 3.8) is 0 Å². The molecule has 1 aliphatic rings. The van der Waals surface area contributed by atoms with Crippen molar-refractivity contribution in [3.05, 3.63) is 23.8 Å². The maximum absolute atomic E-state index is 9.28. The van der Waals surface area contributed by atoms with E-state index < -0.39 is 0 Å². The van der Waals surface area contributed by atoms with Gasteiger partial charge in [-0.2, -0.15) is 0 Å². The number of hydrogen-bond donors (Lipinski definition) is 2. The Kier molecular flexibility index (Phi) is 2.47. The van der Waals surface area contributed by atoms with Gasteiger partial charge in [-0.05, 0) is 31.2 Å². The summed E-state index contributed by atoms with van der Waals surface area (Å²) in [5, 5.41) is 12.6. The van der Waals surface area contributed by atoms with Crippen LogP contribution < -0.4 is 5.32 Å². The average Bonchev–Trinajstić information content (AvgIpc) is 2.17. The van der Waals surface area contributed by atoms with E-state index in [0.717, 1.165) is 12.2 Å². The first-order chi connectivity index (χ1) is 6.29. The van der Waals surface area contributed by atoms with Gasteiger partial charge in [-0.15, -0.1) is 11.8 Å². The monoisotopic (exact) mass is 195 g/mol. The van der Waals surface area contributed by atoms with Crippen molar-refractivity contribution in [1.82, 2.24) is 5.32 Å². The summed E-state index contributed by atoms with van der Waals surface area (Å²) in [4.78, 5) is 1.23. The van der Waals surface area contributed by atoms with E-state index in [-0.39, 0.29) is 0 Å². The molecule has 0 fully saturated rings. The number of aromatic hydroxyl groups is 1. The summed E-state index contributed by atoms with van der Waals surface area (Å²) in [6.45, 7) is 0. The maximum Gasteiger partial charge on any atom is 0.116 e. The molecule has 1 aliphatic heterocycles. The Morgan fingerprint density at radius 2 is 2.38 bits per heavy atom. The Morgan fingerprint density at radius 3 is 3.15 bits per heavy atom. The lowest BCUT2D eigenvalue weighted by molar-refractivity contribution is 0.472. The zero-order chi connectivity index (χ0) is 9.26. The topological polar surface area (TPSA) is 32.3 Å². The van der Waals surface area contributed by atoms with Crippen molar-refractivity contribution in [2.75, 3.05) is 12.8 Å². The highest BCUT2D eigenvalue weighted by Crippen LogP contribution is 2.32. The standard InChI is InChI=1S/C10H13NOS/c1-11-8-4-7-2-3-9(12)5-10(7)13-6-8/h2-3,5,8,11-12H,4,6H2,1H3. The molecule has 1 heterocycles. The number of benzene rings is 1. The van der Waals surface area contributed by atoms with Gasteiger partial charge in [0.2, 0.25) is 0 Å². The second kappa shape index (κ2) is 3.60. The molecule has 13 heavy (non-hydrogen) atoms. The van der Waals surface area contributed by atoms with Crippen molar-refractivity contribution < 1.29 is 5.11 Å². The average molecular weight is 195 g/mol. The van der Waals surface area contributed by atoms with Gasteiger partial charge in [-0.1, -0.05) is 6.07 Å². The van der Waals surface area contributed by atoms with E-state index in [2.05, 4.69) is 5.32 Å². The first-order valence-electron chi connectivity index (χ1n) is 4.41. The van der Waals surface area contributed by atoms with E-state index in [1.807, 2.05) is 30.9 Å².